The van der Waals surface area contributed by atoms with Crippen LogP contribution in [0.5, 0.6) is 0 Å². The van der Waals surface area contributed by atoms with E-state index in [0.717, 1.165) is 25.7 Å². The van der Waals surface area contributed by atoms with Crippen LogP contribution in [0.25, 0.3) is 0 Å². The monoisotopic (exact) mass is 556 g/mol. The Morgan fingerprint density at radius 2 is 1.85 bits per heavy atom. The predicted octanol–water partition coefficient (Wildman–Crippen LogP) is 3.74. The first kappa shape index (κ1) is 30.4. The summed E-state index contributed by atoms with van der Waals surface area (Å²) in [5, 5.41) is 34.5. The molecule has 0 aliphatic heterocycles. The maximum Gasteiger partial charge on any atom is 0.331 e. The number of esters is 2. The quantitative estimate of drug-likeness (QED) is 0.129. The topological polar surface area (TPSA) is 130 Å². The van der Waals surface area contributed by atoms with Gasteiger partial charge in [0.2, 0.25) is 0 Å². The summed E-state index contributed by atoms with van der Waals surface area (Å²) >= 11 is 0. The number of unbranched alkanes of at least 4 members (excludes halogenated alkanes) is 3. The van der Waals surface area contributed by atoms with Gasteiger partial charge >= 0.3 is 11.9 Å². The van der Waals surface area contributed by atoms with E-state index in [9.17, 15) is 29.7 Å². The van der Waals surface area contributed by atoms with Crippen LogP contribution in [0.1, 0.15) is 73.6 Å². The molecule has 0 saturated heterocycles. The Morgan fingerprint density at radius 3 is 2.48 bits per heavy atom. The van der Waals surface area contributed by atoms with E-state index in [4.69, 9.17) is 9.47 Å². The average molecular weight is 557 g/mol. The fraction of sp³-hybridized carbons (Fsp3) is 0.656. The zero-order valence-corrected chi connectivity index (χ0v) is 24.5. The number of carbonyl (C=O) groups is 3. The van der Waals surface area contributed by atoms with Gasteiger partial charge < -0.3 is 24.8 Å². The van der Waals surface area contributed by atoms with E-state index in [2.05, 4.69) is 6.92 Å². The number of ether oxygens (including phenoxy) is 2. The van der Waals surface area contributed by atoms with Crippen LogP contribution in [0.15, 0.2) is 47.6 Å². The minimum absolute atomic E-state index is 0.127. The Balaban J connectivity index is 1.75. The van der Waals surface area contributed by atoms with Crippen LogP contribution in [0.4, 0.5) is 0 Å². The normalized spacial score (nSPS) is 39.6. The molecule has 0 unspecified atom stereocenters. The number of aliphatic hydroxyl groups excluding tert-OH is 1. The van der Waals surface area contributed by atoms with Crippen LogP contribution in [-0.2, 0) is 23.9 Å². The van der Waals surface area contributed by atoms with Crippen LogP contribution in [0.3, 0.4) is 0 Å². The molecule has 0 heterocycles. The Labute approximate surface area is 236 Å². The van der Waals surface area contributed by atoms with Crippen molar-refractivity contribution in [2.75, 3.05) is 6.61 Å². The minimum Gasteiger partial charge on any atom is -0.458 e. The van der Waals surface area contributed by atoms with Crippen LogP contribution in [0, 0.1) is 29.1 Å². The lowest BCUT2D eigenvalue weighted by molar-refractivity contribution is -0.226. The van der Waals surface area contributed by atoms with E-state index in [1.807, 2.05) is 26.0 Å². The molecule has 0 radical (unpaired) electrons. The van der Waals surface area contributed by atoms with Gasteiger partial charge in [-0.1, -0.05) is 70.9 Å². The van der Waals surface area contributed by atoms with Gasteiger partial charge in [-0.25, -0.2) is 4.79 Å². The SMILES string of the molecule is CCCCCC=CC=CC(=O)O[C@@]12[C@H](OC(C)=O)[C@@H](C)[C@@]3(O)[C@@H](C=C(CO)C[C@]4(O)C(=O)C(C)=C[C@@H]34)[C@H]1C2(C)C. The number of aliphatic hydroxyl groups is 3. The van der Waals surface area contributed by atoms with Crippen molar-refractivity contribution >= 4 is 17.7 Å². The van der Waals surface area contributed by atoms with Gasteiger partial charge in [0, 0.05) is 48.5 Å². The Hall–Kier alpha value is -2.55. The van der Waals surface area contributed by atoms with Gasteiger partial charge in [0.05, 0.1) is 12.2 Å². The fourth-order valence-electron chi connectivity index (χ4n) is 8.02. The van der Waals surface area contributed by atoms with E-state index in [1.165, 1.54) is 13.0 Å². The Morgan fingerprint density at radius 1 is 1.15 bits per heavy atom. The molecule has 8 nitrogen and oxygen atoms in total. The van der Waals surface area contributed by atoms with Crippen molar-refractivity contribution in [3.8, 4) is 0 Å². The molecule has 8 atom stereocenters. The molecule has 220 valence electrons. The van der Waals surface area contributed by atoms with E-state index >= 15 is 0 Å². The molecule has 8 heteroatoms. The van der Waals surface area contributed by atoms with Gasteiger partial charge in [0.1, 0.15) is 11.7 Å². The van der Waals surface area contributed by atoms with Crippen molar-refractivity contribution < 1.29 is 39.2 Å². The first-order chi connectivity index (χ1) is 18.7. The molecule has 40 heavy (non-hydrogen) atoms. The molecule has 0 bridgehead atoms. The molecular formula is C32H44O8. The number of rotatable bonds is 9. The lowest BCUT2D eigenvalue weighted by atomic mass is 9.59. The second kappa shape index (κ2) is 10.7. The van der Waals surface area contributed by atoms with Gasteiger partial charge in [-0.3, -0.25) is 9.59 Å². The summed E-state index contributed by atoms with van der Waals surface area (Å²) in [6.45, 7) is 10.1. The average Bonchev–Trinajstić information content (AvgIpc) is 3.31. The number of hydrogen-bond donors (Lipinski definition) is 3. The second-order valence-electron chi connectivity index (χ2n) is 12.7. The van der Waals surface area contributed by atoms with Crippen LogP contribution >= 0.6 is 0 Å². The van der Waals surface area contributed by atoms with Crippen molar-refractivity contribution in [2.24, 2.45) is 29.1 Å². The molecule has 0 spiro atoms. The number of fused-ring (bicyclic) bond motifs is 5. The maximum absolute atomic E-state index is 13.2. The fourth-order valence-corrected chi connectivity index (χ4v) is 8.02. The maximum atomic E-state index is 13.2. The second-order valence-corrected chi connectivity index (χ2v) is 12.7. The molecule has 2 fully saturated rings. The van der Waals surface area contributed by atoms with E-state index in [0.29, 0.717) is 11.1 Å². The van der Waals surface area contributed by atoms with E-state index in [-0.39, 0.29) is 6.42 Å². The Bertz CT molecular complexity index is 1180. The number of hydrogen-bond acceptors (Lipinski definition) is 8. The first-order valence-corrected chi connectivity index (χ1v) is 14.4. The number of ketones is 1. The van der Waals surface area contributed by atoms with E-state index < -0.39 is 76.3 Å². The van der Waals surface area contributed by atoms with Gasteiger partial charge in [-0.2, -0.15) is 0 Å². The van der Waals surface area contributed by atoms with E-state index in [1.54, 1.807) is 32.1 Å². The zero-order valence-electron chi connectivity index (χ0n) is 24.5. The van der Waals surface area contributed by atoms with Crippen LogP contribution < -0.4 is 0 Å². The van der Waals surface area contributed by atoms with Gasteiger partial charge in [-0.15, -0.1) is 0 Å². The third-order valence-corrected chi connectivity index (χ3v) is 9.97. The molecule has 2 saturated carbocycles. The van der Waals surface area contributed by atoms with Crippen molar-refractivity contribution in [1.82, 2.24) is 0 Å². The summed E-state index contributed by atoms with van der Waals surface area (Å²) in [6, 6.07) is 0. The molecule has 3 N–H and O–H groups in total. The minimum atomic E-state index is -1.95. The summed E-state index contributed by atoms with van der Waals surface area (Å²) in [6.07, 6.45) is 13.2. The molecule has 4 aliphatic carbocycles. The third kappa shape index (κ3) is 4.43. The number of carbonyl (C=O) groups excluding carboxylic acids is 3. The van der Waals surface area contributed by atoms with Crippen molar-refractivity contribution in [1.29, 1.82) is 0 Å². The van der Waals surface area contributed by atoms with Gasteiger partial charge in [0.25, 0.3) is 0 Å². The van der Waals surface area contributed by atoms with Crippen LogP contribution in [0.2, 0.25) is 0 Å². The highest BCUT2D eigenvalue weighted by Crippen LogP contribution is 2.77. The lowest BCUT2D eigenvalue weighted by Gasteiger charge is -2.53. The first-order valence-electron chi connectivity index (χ1n) is 14.4. The molecule has 4 rings (SSSR count). The van der Waals surface area contributed by atoms with Crippen molar-refractivity contribution in [3.63, 3.8) is 0 Å². The lowest BCUT2D eigenvalue weighted by Crippen LogP contribution is -2.66. The highest BCUT2D eigenvalue weighted by Gasteiger charge is 2.87. The molecule has 0 amide bonds. The molecule has 4 aliphatic rings. The zero-order chi connectivity index (χ0) is 29.7. The molecule has 0 aromatic heterocycles. The molecule has 0 aromatic carbocycles. The summed E-state index contributed by atoms with van der Waals surface area (Å²) in [5.74, 6) is -4.73. The number of Topliss-reactive ketones (excluding diaryl/α,β-unsaturated/α-hetero) is 1. The van der Waals surface area contributed by atoms with Gasteiger partial charge in [0.15, 0.2) is 11.4 Å². The highest BCUT2D eigenvalue weighted by molar-refractivity contribution is 6.04. The summed E-state index contributed by atoms with van der Waals surface area (Å²) < 4.78 is 12.0. The van der Waals surface area contributed by atoms with Crippen molar-refractivity contribution in [3.05, 3.63) is 47.6 Å². The summed E-state index contributed by atoms with van der Waals surface area (Å²) in [7, 11) is 0. The summed E-state index contributed by atoms with van der Waals surface area (Å²) in [4.78, 5) is 38.7. The predicted molar refractivity (Wildman–Crippen MR) is 149 cm³/mol. The Kier molecular flexibility index (Phi) is 8.13. The van der Waals surface area contributed by atoms with Crippen LogP contribution in [-0.4, -0.2) is 62.6 Å². The highest BCUT2D eigenvalue weighted by atomic mass is 16.6. The smallest absolute Gasteiger partial charge is 0.331 e. The molecule has 0 aromatic rings. The third-order valence-electron chi connectivity index (χ3n) is 9.97. The van der Waals surface area contributed by atoms with Crippen molar-refractivity contribution in [2.45, 2.75) is 96.6 Å². The summed E-state index contributed by atoms with van der Waals surface area (Å²) in [5.41, 5.74) is -4.91. The molecular weight excluding hydrogens is 512 g/mol. The standard InChI is InChI=1S/C32H44O8/c1-7-8-9-10-11-12-13-14-25(35)40-32-26(29(32,5)6)23-16-22(18-33)17-30(37)24(15-19(2)27(30)36)31(23,38)20(3)28(32)39-21(4)34/h11-16,20,23-24,26,28,33,37-38H,7-10,17-18H2,1-6H3/t20-,23+,24-,26+,28-,30-,31-,32-/m1/s1. The van der Waals surface area contributed by atoms with Gasteiger partial charge in [-0.05, 0) is 30.9 Å². The number of allylic oxidation sites excluding steroid dienone is 3. The largest absolute Gasteiger partial charge is 0.458 e.